The number of hydrogen-bond donors (Lipinski definition) is 1. The van der Waals surface area contributed by atoms with Crippen LogP contribution in [0.1, 0.15) is 5.69 Å². The molecule has 0 aliphatic heterocycles. The fraction of sp³-hybridized carbons (Fsp3) is 0.154. The molecule has 0 atom stereocenters. The van der Waals surface area contributed by atoms with Crippen molar-refractivity contribution < 1.29 is 4.79 Å². The van der Waals surface area contributed by atoms with Gasteiger partial charge in [-0.25, -0.2) is 0 Å². The number of nitrogens with zero attached hydrogens (tertiary/aromatic N) is 3. The standard InChI is InChI=1S/C13H14N4O/c1-17(12-4-6-15-7-5-12)13(18)8-11-3-2-10(14)9-16-11/h2-7,9H,8,14H2,1H3. The van der Waals surface area contributed by atoms with E-state index in [4.69, 9.17) is 5.73 Å². The highest BCUT2D eigenvalue weighted by molar-refractivity contribution is 5.93. The highest BCUT2D eigenvalue weighted by Gasteiger charge is 2.11. The first-order chi connectivity index (χ1) is 8.66. The Hall–Kier alpha value is -2.43. The highest BCUT2D eigenvalue weighted by Crippen LogP contribution is 2.11. The maximum Gasteiger partial charge on any atom is 0.232 e. The molecule has 2 heterocycles. The Labute approximate surface area is 105 Å². The lowest BCUT2D eigenvalue weighted by Crippen LogP contribution is -2.28. The van der Waals surface area contributed by atoms with Crippen LogP contribution in [0.2, 0.25) is 0 Å². The zero-order valence-electron chi connectivity index (χ0n) is 10.1. The Morgan fingerprint density at radius 2 is 2.00 bits per heavy atom. The van der Waals surface area contributed by atoms with Gasteiger partial charge >= 0.3 is 0 Å². The third-order valence-corrected chi connectivity index (χ3v) is 2.60. The number of likely N-dealkylation sites (N-methyl/N-ethyl adjacent to an activating group) is 1. The Morgan fingerprint density at radius 3 is 2.61 bits per heavy atom. The van der Waals surface area contributed by atoms with Crippen LogP contribution in [0.5, 0.6) is 0 Å². The molecule has 0 unspecified atom stereocenters. The predicted molar refractivity (Wildman–Crippen MR) is 70.0 cm³/mol. The van der Waals surface area contributed by atoms with Gasteiger partial charge in [0.25, 0.3) is 0 Å². The number of rotatable bonds is 3. The molecule has 0 saturated heterocycles. The first-order valence-electron chi connectivity index (χ1n) is 5.54. The summed E-state index contributed by atoms with van der Waals surface area (Å²) < 4.78 is 0. The predicted octanol–water partition coefficient (Wildman–Crippen LogP) is 1.26. The average molecular weight is 242 g/mol. The van der Waals surface area contributed by atoms with Gasteiger partial charge in [-0.2, -0.15) is 0 Å². The monoisotopic (exact) mass is 242 g/mol. The molecule has 0 aromatic carbocycles. The number of hydrogen-bond acceptors (Lipinski definition) is 4. The van der Waals surface area contributed by atoms with Crippen molar-refractivity contribution in [3.05, 3.63) is 48.5 Å². The van der Waals surface area contributed by atoms with Crippen LogP contribution < -0.4 is 10.6 Å². The van der Waals surface area contributed by atoms with Gasteiger partial charge in [-0.05, 0) is 24.3 Å². The molecule has 0 aliphatic carbocycles. The summed E-state index contributed by atoms with van der Waals surface area (Å²) in [7, 11) is 1.73. The third kappa shape index (κ3) is 2.82. The summed E-state index contributed by atoms with van der Waals surface area (Å²) in [5.41, 5.74) is 7.65. The quantitative estimate of drug-likeness (QED) is 0.879. The van der Waals surface area contributed by atoms with E-state index in [1.54, 1.807) is 54.8 Å². The molecule has 2 aromatic heterocycles. The Kier molecular flexibility index (Phi) is 3.52. The molecule has 18 heavy (non-hydrogen) atoms. The lowest BCUT2D eigenvalue weighted by atomic mass is 10.2. The van der Waals surface area contributed by atoms with Crippen LogP contribution in [-0.4, -0.2) is 22.9 Å². The van der Waals surface area contributed by atoms with Crippen molar-refractivity contribution in [2.24, 2.45) is 0 Å². The van der Waals surface area contributed by atoms with Gasteiger partial charge in [0.2, 0.25) is 5.91 Å². The molecule has 0 saturated carbocycles. The fourth-order valence-electron chi connectivity index (χ4n) is 1.53. The number of nitrogen functional groups attached to an aromatic ring is 1. The van der Waals surface area contributed by atoms with Crippen LogP contribution in [0.4, 0.5) is 11.4 Å². The van der Waals surface area contributed by atoms with Crippen molar-refractivity contribution >= 4 is 17.3 Å². The molecule has 5 heteroatoms. The highest BCUT2D eigenvalue weighted by atomic mass is 16.2. The zero-order chi connectivity index (χ0) is 13.0. The summed E-state index contributed by atoms with van der Waals surface area (Å²) in [5.74, 6) is -0.0292. The molecule has 0 fully saturated rings. The van der Waals surface area contributed by atoms with Crippen molar-refractivity contribution in [2.75, 3.05) is 17.7 Å². The first kappa shape index (κ1) is 12.0. The number of anilines is 2. The Morgan fingerprint density at radius 1 is 1.28 bits per heavy atom. The summed E-state index contributed by atoms with van der Waals surface area (Å²) in [6, 6.07) is 7.07. The van der Waals surface area contributed by atoms with Gasteiger partial charge in [0, 0.05) is 30.8 Å². The lowest BCUT2D eigenvalue weighted by molar-refractivity contribution is -0.117. The molecule has 0 spiro atoms. The van der Waals surface area contributed by atoms with Crippen LogP contribution >= 0.6 is 0 Å². The molecular weight excluding hydrogens is 228 g/mol. The molecule has 2 rings (SSSR count). The lowest BCUT2D eigenvalue weighted by Gasteiger charge is -2.16. The van der Waals surface area contributed by atoms with E-state index in [1.807, 2.05) is 0 Å². The minimum Gasteiger partial charge on any atom is -0.397 e. The summed E-state index contributed by atoms with van der Waals surface area (Å²) >= 11 is 0. The minimum atomic E-state index is -0.0292. The number of carbonyl (C=O) groups excluding carboxylic acids is 1. The summed E-state index contributed by atoms with van der Waals surface area (Å²) in [5, 5.41) is 0. The van der Waals surface area contributed by atoms with E-state index in [0.29, 0.717) is 11.4 Å². The number of pyridine rings is 2. The zero-order valence-corrected chi connectivity index (χ0v) is 10.1. The molecule has 0 radical (unpaired) electrons. The van der Waals surface area contributed by atoms with Crippen molar-refractivity contribution in [3.8, 4) is 0 Å². The van der Waals surface area contributed by atoms with Gasteiger partial charge in [0.05, 0.1) is 18.3 Å². The molecule has 5 nitrogen and oxygen atoms in total. The van der Waals surface area contributed by atoms with E-state index < -0.39 is 0 Å². The molecular formula is C13H14N4O. The summed E-state index contributed by atoms with van der Waals surface area (Å²) in [6.07, 6.45) is 5.11. The Bertz CT molecular complexity index is 524. The SMILES string of the molecule is CN(C(=O)Cc1ccc(N)cn1)c1ccncc1. The van der Waals surface area contributed by atoms with Crippen molar-refractivity contribution in [1.29, 1.82) is 0 Å². The van der Waals surface area contributed by atoms with Crippen LogP contribution in [0.3, 0.4) is 0 Å². The molecule has 92 valence electrons. The summed E-state index contributed by atoms with van der Waals surface area (Å²) in [4.78, 5) is 21.6. The number of aromatic nitrogens is 2. The van der Waals surface area contributed by atoms with Gasteiger partial charge in [-0.15, -0.1) is 0 Å². The average Bonchev–Trinajstić information content (AvgIpc) is 2.41. The van der Waals surface area contributed by atoms with E-state index in [0.717, 1.165) is 5.69 Å². The number of amides is 1. The van der Waals surface area contributed by atoms with E-state index in [9.17, 15) is 4.79 Å². The van der Waals surface area contributed by atoms with E-state index >= 15 is 0 Å². The van der Waals surface area contributed by atoms with Gasteiger partial charge in [0.1, 0.15) is 0 Å². The van der Waals surface area contributed by atoms with Crippen molar-refractivity contribution in [1.82, 2.24) is 9.97 Å². The second kappa shape index (κ2) is 5.27. The minimum absolute atomic E-state index is 0.0292. The maximum absolute atomic E-state index is 12.0. The largest absolute Gasteiger partial charge is 0.397 e. The second-order valence-electron chi connectivity index (χ2n) is 3.92. The molecule has 0 aliphatic rings. The molecule has 2 N–H and O–H groups in total. The third-order valence-electron chi connectivity index (χ3n) is 2.60. The van der Waals surface area contributed by atoms with Crippen molar-refractivity contribution in [3.63, 3.8) is 0 Å². The van der Waals surface area contributed by atoms with Gasteiger partial charge in [-0.3, -0.25) is 14.8 Å². The second-order valence-corrected chi connectivity index (χ2v) is 3.92. The van der Waals surface area contributed by atoms with E-state index in [2.05, 4.69) is 9.97 Å². The topological polar surface area (TPSA) is 72.1 Å². The number of nitrogens with two attached hydrogens (primary N) is 1. The smallest absolute Gasteiger partial charge is 0.232 e. The molecule has 0 bridgehead atoms. The maximum atomic E-state index is 12.0. The van der Waals surface area contributed by atoms with E-state index in [1.165, 1.54) is 0 Å². The van der Waals surface area contributed by atoms with Crippen LogP contribution in [0.25, 0.3) is 0 Å². The van der Waals surface area contributed by atoms with E-state index in [-0.39, 0.29) is 12.3 Å². The number of carbonyl (C=O) groups is 1. The van der Waals surface area contributed by atoms with Gasteiger partial charge in [-0.1, -0.05) is 0 Å². The van der Waals surface area contributed by atoms with Gasteiger partial charge < -0.3 is 10.6 Å². The normalized spacial score (nSPS) is 10.1. The summed E-state index contributed by atoms with van der Waals surface area (Å²) in [6.45, 7) is 0. The first-order valence-corrected chi connectivity index (χ1v) is 5.54. The van der Waals surface area contributed by atoms with Crippen LogP contribution in [-0.2, 0) is 11.2 Å². The molecule has 2 aromatic rings. The van der Waals surface area contributed by atoms with Gasteiger partial charge in [0.15, 0.2) is 0 Å². The van der Waals surface area contributed by atoms with Crippen molar-refractivity contribution in [2.45, 2.75) is 6.42 Å². The van der Waals surface area contributed by atoms with Crippen LogP contribution in [0, 0.1) is 0 Å². The van der Waals surface area contributed by atoms with Crippen LogP contribution in [0.15, 0.2) is 42.9 Å². The molecule has 1 amide bonds. The fourth-order valence-corrected chi connectivity index (χ4v) is 1.53. The Balaban J connectivity index is 2.06.